The van der Waals surface area contributed by atoms with Gasteiger partial charge in [0.2, 0.25) is 0 Å². The lowest BCUT2D eigenvalue weighted by Crippen LogP contribution is -2.32. The molecule has 18 heavy (non-hydrogen) atoms. The highest BCUT2D eigenvalue weighted by atomic mass is 16.3. The molecule has 1 amide bonds. The third-order valence-corrected chi connectivity index (χ3v) is 3.66. The maximum absolute atomic E-state index is 12.0. The first-order valence-electron chi connectivity index (χ1n) is 6.40. The molecule has 2 rings (SSSR count). The maximum Gasteiger partial charge on any atom is 0.271 e. The van der Waals surface area contributed by atoms with Gasteiger partial charge in [-0.3, -0.25) is 9.48 Å². The predicted octanol–water partition coefficient (Wildman–Crippen LogP) is 1.05. The van der Waals surface area contributed by atoms with E-state index in [1.54, 1.807) is 4.68 Å². The molecule has 0 spiro atoms. The zero-order valence-electron chi connectivity index (χ0n) is 11.2. The Balaban J connectivity index is 1.98. The van der Waals surface area contributed by atoms with E-state index in [9.17, 15) is 9.90 Å². The summed E-state index contributed by atoms with van der Waals surface area (Å²) in [6.07, 6.45) is 1.98. The number of carbonyl (C=O) groups excluding carboxylic acids is 1. The van der Waals surface area contributed by atoms with Gasteiger partial charge >= 0.3 is 0 Å². The Morgan fingerprint density at radius 2 is 2.28 bits per heavy atom. The first-order valence-corrected chi connectivity index (χ1v) is 6.40. The summed E-state index contributed by atoms with van der Waals surface area (Å²) in [6, 6.07) is 1.83. The summed E-state index contributed by atoms with van der Waals surface area (Å²) in [5.74, 6) is 0.188. The number of rotatable bonds is 5. The van der Waals surface area contributed by atoms with E-state index in [4.69, 9.17) is 0 Å². The van der Waals surface area contributed by atoms with Crippen LogP contribution in [0.15, 0.2) is 6.07 Å². The lowest BCUT2D eigenvalue weighted by atomic mass is 10.1. The summed E-state index contributed by atoms with van der Waals surface area (Å²) in [4.78, 5) is 12.0. The molecule has 1 aromatic rings. The van der Waals surface area contributed by atoms with Crippen LogP contribution in [0.2, 0.25) is 0 Å². The third-order valence-electron chi connectivity index (χ3n) is 3.66. The summed E-state index contributed by atoms with van der Waals surface area (Å²) in [7, 11) is 1.85. The van der Waals surface area contributed by atoms with Crippen LogP contribution in [0.4, 0.5) is 0 Å². The number of aliphatic hydroxyl groups is 1. The van der Waals surface area contributed by atoms with E-state index in [0.29, 0.717) is 18.2 Å². The molecule has 1 aliphatic rings. The second-order valence-corrected chi connectivity index (χ2v) is 5.57. The van der Waals surface area contributed by atoms with Crippen molar-refractivity contribution < 1.29 is 9.90 Å². The first kappa shape index (κ1) is 13.1. The van der Waals surface area contributed by atoms with Gasteiger partial charge in [0.05, 0.1) is 6.61 Å². The fraction of sp³-hybridized carbons (Fsp3) is 0.692. The predicted molar refractivity (Wildman–Crippen MR) is 68.4 cm³/mol. The normalized spacial score (nSPS) is 16.9. The van der Waals surface area contributed by atoms with Gasteiger partial charge in [-0.15, -0.1) is 0 Å². The SMILES string of the molecule is CC(C)c1cc(C(=O)NCC2(CO)CC2)nn1C. The molecule has 0 aliphatic heterocycles. The van der Waals surface area contributed by atoms with E-state index in [1.807, 2.05) is 13.1 Å². The smallest absolute Gasteiger partial charge is 0.271 e. The molecule has 0 radical (unpaired) electrons. The fourth-order valence-corrected chi connectivity index (χ4v) is 2.06. The van der Waals surface area contributed by atoms with Gasteiger partial charge in [-0.1, -0.05) is 13.8 Å². The molecule has 5 nitrogen and oxygen atoms in total. The molecule has 5 heteroatoms. The van der Waals surface area contributed by atoms with Crippen LogP contribution in [0, 0.1) is 5.41 Å². The Morgan fingerprint density at radius 1 is 1.61 bits per heavy atom. The molecule has 1 fully saturated rings. The summed E-state index contributed by atoms with van der Waals surface area (Å²) in [5, 5.41) is 16.3. The number of aliphatic hydroxyl groups excluding tert-OH is 1. The van der Waals surface area contributed by atoms with Crippen molar-refractivity contribution in [3.63, 3.8) is 0 Å². The number of carbonyl (C=O) groups is 1. The van der Waals surface area contributed by atoms with Crippen LogP contribution in [-0.4, -0.2) is 33.9 Å². The largest absolute Gasteiger partial charge is 0.396 e. The number of aryl methyl sites for hydroxylation is 1. The van der Waals surface area contributed by atoms with Gasteiger partial charge in [0.1, 0.15) is 5.69 Å². The molecule has 0 bridgehead atoms. The van der Waals surface area contributed by atoms with Crippen molar-refractivity contribution in [2.24, 2.45) is 12.5 Å². The molecule has 1 aromatic heterocycles. The second-order valence-electron chi connectivity index (χ2n) is 5.57. The first-order chi connectivity index (χ1) is 8.47. The van der Waals surface area contributed by atoms with Crippen LogP contribution in [0.5, 0.6) is 0 Å². The molecule has 1 heterocycles. The van der Waals surface area contributed by atoms with E-state index in [1.165, 1.54) is 0 Å². The molecular weight excluding hydrogens is 230 g/mol. The van der Waals surface area contributed by atoms with Crippen molar-refractivity contribution in [2.45, 2.75) is 32.6 Å². The summed E-state index contributed by atoms with van der Waals surface area (Å²) in [6.45, 7) is 4.83. The van der Waals surface area contributed by atoms with E-state index >= 15 is 0 Å². The molecule has 0 unspecified atom stereocenters. The van der Waals surface area contributed by atoms with Gasteiger partial charge < -0.3 is 10.4 Å². The van der Waals surface area contributed by atoms with Crippen molar-refractivity contribution in [3.05, 3.63) is 17.5 Å². The number of nitrogens with zero attached hydrogens (tertiary/aromatic N) is 2. The van der Waals surface area contributed by atoms with Crippen LogP contribution in [0.3, 0.4) is 0 Å². The topological polar surface area (TPSA) is 67.2 Å². The van der Waals surface area contributed by atoms with Crippen LogP contribution < -0.4 is 5.32 Å². The van der Waals surface area contributed by atoms with Crippen LogP contribution in [-0.2, 0) is 7.05 Å². The molecule has 1 saturated carbocycles. The molecule has 0 atom stereocenters. The van der Waals surface area contributed by atoms with Gasteiger partial charge in [0.15, 0.2) is 0 Å². The van der Waals surface area contributed by atoms with Gasteiger partial charge in [-0.2, -0.15) is 5.10 Å². The molecule has 1 aliphatic carbocycles. The highest BCUT2D eigenvalue weighted by Crippen LogP contribution is 2.44. The molecule has 100 valence electrons. The number of amides is 1. The highest BCUT2D eigenvalue weighted by molar-refractivity contribution is 5.92. The van der Waals surface area contributed by atoms with Crippen molar-refractivity contribution in [1.29, 1.82) is 0 Å². The Morgan fingerprint density at radius 3 is 2.72 bits per heavy atom. The minimum Gasteiger partial charge on any atom is -0.396 e. The molecule has 2 N–H and O–H groups in total. The van der Waals surface area contributed by atoms with E-state index in [2.05, 4.69) is 24.3 Å². The second kappa shape index (κ2) is 4.72. The minimum absolute atomic E-state index is 0.0642. The van der Waals surface area contributed by atoms with Gasteiger partial charge in [0, 0.05) is 24.7 Å². The van der Waals surface area contributed by atoms with E-state index < -0.39 is 0 Å². The van der Waals surface area contributed by atoms with Crippen LogP contribution in [0.1, 0.15) is 48.8 Å². The van der Waals surface area contributed by atoms with Crippen molar-refractivity contribution in [3.8, 4) is 0 Å². The average molecular weight is 251 g/mol. The number of aromatic nitrogens is 2. The van der Waals surface area contributed by atoms with Crippen molar-refractivity contribution >= 4 is 5.91 Å². The van der Waals surface area contributed by atoms with Crippen LogP contribution >= 0.6 is 0 Å². The van der Waals surface area contributed by atoms with E-state index in [0.717, 1.165) is 18.5 Å². The zero-order chi connectivity index (χ0) is 13.3. The van der Waals surface area contributed by atoms with Gasteiger partial charge in [-0.05, 0) is 24.8 Å². The number of hydrogen-bond donors (Lipinski definition) is 2. The number of nitrogens with one attached hydrogen (secondary N) is 1. The van der Waals surface area contributed by atoms with Crippen LogP contribution in [0.25, 0.3) is 0 Å². The maximum atomic E-state index is 12.0. The summed E-state index contributed by atoms with van der Waals surface area (Å²) in [5.41, 5.74) is 1.43. The Hall–Kier alpha value is -1.36. The Kier molecular flexibility index (Phi) is 3.43. The quantitative estimate of drug-likeness (QED) is 0.822. The zero-order valence-corrected chi connectivity index (χ0v) is 11.2. The minimum atomic E-state index is -0.155. The molecule has 0 aromatic carbocycles. The van der Waals surface area contributed by atoms with Crippen molar-refractivity contribution in [2.75, 3.05) is 13.2 Å². The molecular formula is C13H21N3O2. The Labute approximate surface area is 107 Å². The Bertz CT molecular complexity index is 447. The monoisotopic (exact) mass is 251 g/mol. The fourth-order valence-electron chi connectivity index (χ4n) is 2.06. The third kappa shape index (κ3) is 2.56. The van der Waals surface area contributed by atoms with E-state index in [-0.39, 0.29) is 17.9 Å². The van der Waals surface area contributed by atoms with Gasteiger partial charge in [0.25, 0.3) is 5.91 Å². The molecule has 0 saturated heterocycles. The van der Waals surface area contributed by atoms with Gasteiger partial charge in [-0.25, -0.2) is 0 Å². The average Bonchev–Trinajstić information content (AvgIpc) is 3.01. The summed E-state index contributed by atoms with van der Waals surface area (Å²) >= 11 is 0. The lowest BCUT2D eigenvalue weighted by Gasteiger charge is -2.11. The summed E-state index contributed by atoms with van der Waals surface area (Å²) < 4.78 is 1.75. The highest BCUT2D eigenvalue weighted by Gasteiger charge is 2.42. The number of hydrogen-bond acceptors (Lipinski definition) is 3. The van der Waals surface area contributed by atoms with Crippen molar-refractivity contribution in [1.82, 2.24) is 15.1 Å². The lowest BCUT2D eigenvalue weighted by molar-refractivity contribution is 0.0929. The standard InChI is InChI=1S/C13H21N3O2/c1-9(2)11-6-10(15-16(11)3)12(18)14-7-13(8-17)4-5-13/h6,9,17H,4-5,7-8H2,1-3H3,(H,14,18).